The van der Waals surface area contributed by atoms with Gasteiger partial charge in [-0.1, -0.05) is 13.0 Å². The fourth-order valence-electron chi connectivity index (χ4n) is 1.57. The Morgan fingerprint density at radius 2 is 2.29 bits per heavy atom. The molecule has 0 saturated carbocycles. The molecule has 1 aliphatic heterocycles. The minimum atomic E-state index is 0.241. The number of hydrogen-bond donors (Lipinski definition) is 2. The first-order valence-electron chi connectivity index (χ1n) is 6.19. The first-order chi connectivity index (χ1) is 8.17. The second-order valence-corrected chi connectivity index (χ2v) is 4.39. The van der Waals surface area contributed by atoms with Gasteiger partial charge in [-0.05, 0) is 43.9 Å². The highest BCUT2D eigenvalue weighted by Gasteiger charge is 2.06. The molecule has 1 aromatic rings. The average Bonchev–Trinajstić information content (AvgIpc) is 2.38. The minimum absolute atomic E-state index is 0.241. The summed E-state index contributed by atoms with van der Waals surface area (Å²) >= 11 is 0. The van der Waals surface area contributed by atoms with Gasteiger partial charge in [-0.2, -0.15) is 5.26 Å². The number of nitrogens with one attached hydrogen (secondary N) is 1. The lowest BCUT2D eigenvalue weighted by Gasteiger charge is -2.17. The van der Waals surface area contributed by atoms with Crippen molar-refractivity contribution in [2.45, 2.75) is 33.1 Å². The van der Waals surface area contributed by atoms with Crippen LogP contribution in [-0.2, 0) is 6.42 Å². The third-order valence-electron chi connectivity index (χ3n) is 2.91. The van der Waals surface area contributed by atoms with E-state index in [-0.39, 0.29) is 5.92 Å². The molecule has 1 atom stereocenters. The Labute approximate surface area is 104 Å². The Balaban J connectivity index is 0.000000209. The molecule has 3 nitrogen and oxygen atoms in total. The smallest absolute Gasteiger partial charge is 0.0652 e. The normalized spacial score (nSPS) is 14.4. The molecule has 0 fully saturated rings. The number of rotatable bonds is 1. The molecule has 1 heterocycles. The Kier molecular flexibility index (Phi) is 5.35. The second-order valence-electron chi connectivity index (χ2n) is 4.39. The van der Waals surface area contributed by atoms with Crippen LogP contribution in [0.1, 0.15) is 32.3 Å². The number of nitrogens with zero attached hydrogens (tertiary/aromatic N) is 1. The fraction of sp³-hybridized carbons (Fsp3) is 0.500. The molecule has 0 bridgehead atoms. The Morgan fingerprint density at radius 1 is 1.53 bits per heavy atom. The molecule has 0 amide bonds. The lowest BCUT2D eigenvalue weighted by Crippen LogP contribution is -2.11. The summed E-state index contributed by atoms with van der Waals surface area (Å²) in [4.78, 5) is 0. The van der Waals surface area contributed by atoms with E-state index in [1.807, 2.05) is 26.0 Å². The summed E-state index contributed by atoms with van der Waals surface area (Å²) in [6, 6.07) is 8.20. The van der Waals surface area contributed by atoms with E-state index < -0.39 is 0 Å². The van der Waals surface area contributed by atoms with Crippen molar-refractivity contribution in [3.8, 4) is 6.07 Å². The van der Waals surface area contributed by atoms with Crippen LogP contribution in [0.15, 0.2) is 18.2 Å². The predicted octanol–water partition coefficient (Wildman–Crippen LogP) is 3.18. The Bertz CT molecular complexity index is 393. The van der Waals surface area contributed by atoms with E-state index in [1.54, 1.807) is 0 Å². The number of fused-ring (bicyclic) bond motifs is 1. The number of anilines is 2. The molecule has 0 spiro atoms. The van der Waals surface area contributed by atoms with Gasteiger partial charge in [0, 0.05) is 23.8 Å². The molecule has 0 saturated heterocycles. The van der Waals surface area contributed by atoms with Crippen molar-refractivity contribution in [1.82, 2.24) is 0 Å². The van der Waals surface area contributed by atoms with Crippen molar-refractivity contribution in [3.63, 3.8) is 0 Å². The van der Waals surface area contributed by atoms with Crippen LogP contribution in [-0.4, -0.2) is 6.54 Å². The van der Waals surface area contributed by atoms with E-state index in [9.17, 15) is 0 Å². The lowest BCUT2D eigenvalue weighted by molar-refractivity contribution is 0.713. The van der Waals surface area contributed by atoms with E-state index >= 15 is 0 Å². The topological polar surface area (TPSA) is 61.8 Å². The van der Waals surface area contributed by atoms with E-state index in [4.69, 9.17) is 11.0 Å². The maximum Gasteiger partial charge on any atom is 0.0652 e. The van der Waals surface area contributed by atoms with Crippen LogP contribution in [0.2, 0.25) is 0 Å². The first kappa shape index (κ1) is 13.4. The number of nitrogens with two attached hydrogens (primary N) is 1. The first-order valence-corrected chi connectivity index (χ1v) is 6.19. The van der Waals surface area contributed by atoms with Gasteiger partial charge in [-0.3, -0.25) is 0 Å². The number of aryl methyl sites for hydroxylation is 1. The molecule has 1 aliphatic rings. The third kappa shape index (κ3) is 4.36. The van der Waals surface area contributed by atoms with Gasteiger partial charge in [0.05, 0.1) is 6.07 Å². The van der Waals surface area contributed by atoms with Gasteiger partial charge in [-0.15, -0.1) is 0 Å². The summed E-state index contributed by atoms with van der Waals surface area (Å²) in [5.74, 6) is 0.241. The van der Waals surface area contributed by atoms with E-state index in [2.05, 4.69) is 17.5 Å². The standard InChI is InChI=1S/C9H12N2.C5H9N/c10-8-4-3-7-2-1-5-11-9(7)6-8;1-3-5(2)4-6/h3-4,6,11H,1-2,5,10H2;5H,3H2,1-2H3. The van der Waals surface area contributed by atoms with Crippen molar-refractivity contribution in [1.29, 1.82) is 5.26 Å². The summed E-state index contributed by atoms with van der Waals surface area (Å²) in [6.07, 6.45) is 3.38. The van der Waals surface area contributed by atoms with Crippen LogP contribution in [0.4, 0.5) is 11.4 Å². The molecule has 1 aromatic carbocycles. The van der Waals surface area contributed by atoms with Gasteiger partial charge in [0.15, 0.2) is 0 Å². The summed E-state index contributed by atoms with van der Waals surface area (Å²) in [5.41, 5.74) is 9.10. The summed E-state index contributed by atoms with van der Waals surface area (Å²) in [5, 5.41) is 11.4. The van der Waals surface area contributed by atoms with Crippen molar-refractivity contribution >= 4 is 11.4 Å². The van der Waals surface area contributed by atoms with Gasteiger partial charge >= 0.3 is 0 Å². The maximum atomic E-state index is 8.08. The second kappa shape index (κ2) is 6.80. The van der Waals surface area contributed by atoms with Gasteiger partial charge in [0.2, 0.25) is 0 Å². The molecule has 2 rings (SSSR count). The highest BCUT2D eigenvalue weighted by atomic mass is 14.9. The SMILES string of the molecule is CCC(C)C#N.Nc1ccc2c(c1)NCCC2. The average molecular weight is 231 g/mol. The Morgan fingerprint density at radius 3 is 2.88 bits per heavy atom. The number of hydrogen-bond acceptors (Lipinski definition) is 3. The minimum Gasteiger partial charge on any atom is -0.399 e. The third-order valence-corrected chi connectivity index (χ3v) is 2.91. The van der Waals surface area contributed by atoms with E-state index in [0.29, 0.717) is 0 Å². The van der Waals surface area contributed by atoms with E-state index in [0.717, 1.165) is 18.7 Å². The van der Waals surface area contributed by atoms with Crippen LogP contribution in [0.5, 0.6) is 0 Å². The van der Waals surface area contributed by atoms with Crippen molar-refractivity contribution in [3.05, 3.63) is 23.8 Å². The van der Waals surface area contributed by atoms with Crippen LogP contribution in [0, 0.1) is 17.2 Å². The van der Waals surface area contributed by atoms with Crippen molar-refractivity contribution < 1.29 is 0 Å². The van der Waals surface area contributed by atoms with Gasteiger partial charge in [0.1, 0.15) is 0 Å². The van der Waals surface area contributed by atoms with Crippen molar-refractivity contribution in [2.75, 3.05) is 17.6 Å². The highest BCUT2D eigenvalue weighted by molar-refractivity contribution is 5.60. The molecule has 1 unspecified atom stereocenters. The summed E-state index contributed by atoms with van der Waals surface area (Å²) in [7, 11) is 0. The van der Waals surface area contributed by atoms with Crippen molar-refractivity contribution in [2.24, 2.45) is 5.92 Å². The molecule has 17 heavy (non-hydrogen) atoms. The summed E-state index contributed by atoms with van der Waals surface area (Å²) in [6.45, 7) is 5.00. The molecule has 0 aromatic heterocycles. The van der Waals surface area contributed by atoms with Gasteiger partial charge in [0.25, 0.3) is 0 Å². The largest absolute Gasteiger partial charge is 0.399 e. The van der Waals surface area contributed by atoms with Gasteiger partial charge < -0.3 is 11.1 Å². The molecule has 3 heteroatoms. The van der Waals surface area contributed by atoms with Crippen LogP contribution < -0.4 is 11.1 Å². The number of nitrogen functional groups attached to an aromatic ring is 1. The Hall–Kier alpha value is -1.69. The zero-order chi connectivity index (χ0) is 12.7. The molecule has 92 valence electrons. The predicted molar refractivity (Wildman–Crippen MR) is 72.7 cm³/mol. The zero-order valence-electron chi connectivity index (χ0n) is 10.7. The zero-order valence-corrected chi connectivity index (χ0v) is 10.7. The quantitative estimate of drug-likeness (QED) is 0.730. The van der Waals surface area contributed by atoms with Crippen LogP contribution in [0.25, 0.3) is 0 Å². The highest BCUT2D eigenvalue weighted by Crippen LogP contribution is 2.23. The lowest BCUT2D eigenvalue weighted by atomic mass is 10.0. The summed E-state index contributed by atoms with van der Waals surface area (Å²) < 4.78 is 0. The fourth-order valence-corrected chi connectivity index (χ4v) is 1.57. The van der Waals surface area contributed by atoms with Crippen LogP contribution in [0.3, 0.4) is 0 Å². The molecule has 0 aliphatic carbocycles. The number of nitriles is 1. The van der Waals surface area contributed by atoms with E-state index in [1.165, 1.54) is 24.1 Å². The molecule has 3 N–H and O–H groups in total. The molecular weight excluding hydrogens is 210 g/mol. The maximum absolute atomic E-state index is 8.08. The van der Waals surface area contributed by atoms with Crippen LogP contribution >= 0.6 is 0 Å². The number of benzene rings is 1. The molecular formula is C14H21N3. The monoisotopic (exact) mass is 231 g/mol. The van der Waals surface area contributed by atoms with Gasteiger partial charge in [-0.25, -0.2) is 0 Å². The molecule has 0 radical (unpaired) electrons.